The molecule has 0 amide bonds. The third-order valence-corrected chi connectivity index (χ3v) is 9.59. The number of benzene rings is 7. The van der Waals surface area contributed by atoms with Gasteiger partial charge in [-0.15, -0.1) is 0 Å². The van der Waals surface area contributed by atoms with Crippen molar-refractivity contribution in [1.82, 2.24) is 4.57 Å². The Morgan fingerprint density at radius 3 is 1.98 bits per heavy atom. The van der Waals surface area contributed by atoms with Gasteiger partial charge in [-0.3, -0.25) is 9.98 Å². The summed E-state index contributed by atoms with van der Waals surface area (Å²) >= 11 is 0. The van der Waals surface area contributed by atoms with Crippen molar-refractivity contribution in [1.29, 1.82) is 0 Å². The van der Waals surface area contributed by atoms with E-state index in [4.69, 9.17) is 9.73 Å². The summed E-state index contributed by atoms with van der Waals surface area (Å²) < 4.78 is 9.00. The Balaban J connectivity index is 1.11. The molecule has 1 aliphatic heterocycles. The molecule has 8 aromatic rings. The summed E-state index contributed by atoms with van der Waals surface area (Å²) in [6.07, 6.45) is 0. The first kappa shape index (κ1) is 30.3. The van der Waals surface area contributed by atoms with Gasteiger partial charge in [-0.2, -0.15) is 0 Å². The lowest BCUT2D eigenvalue weighted by Gasteiger charge is -2.12. The molecule has 0 saturated heterocycles. The molecule has 1 aliphatic rings. The van der Waals surface area contributed by atoms with Gasteiger partial charge in [0.25, 0.3) is 0 Å². The van der Waals surface area contributed by atoms with E-state index in [0.717, 1.165) is 50.5 Å². The number of hydrogen-bond donors (Lipinski definition) is 0. The molecule has 4 nitrogen and oxygen atoms in total. The Hall–Kier alpha value is -6.78. The third-order valence-electron chi connectivity index (χ3n) is 9.59. The fraction of sp³-hybridized carbons (Fsp3) is 0.0213. The molecule has 0 radical (unpaired) electrons. The van der Waals surface area contributed by atoms with Crippen LogP contribution in [0.4, 0.5) is 0 Å². The van der Waals surface area contributed by atoms with Gasteiger partial charge in [0.2, 0.25) is 0 Å². The fourth-order valence-electron chi connectivity index (χ4n) is 7.16. The third kappa shape index (κ3) is 5.44. The molecule has 242 valence electrons. The monoisotopic (exact) mass is 655 g/mol. The molecule has 9 rings (SSSR count). The smallest absolute Gasteiger partial charge is 0.179 e. The molecular weight excluding hydrogens is 623 g/mol. The molecule has 2 heterocycles. The Morgan fingerprint density at radius 2 is 1.22 bits per heavy atom. The molecule has 1 aromatic heterocycles. The van der Waals surface area contributed by atoms with Crippen molar-refractivity contribution in [2.24, 2.45) is 9.98 Å². The number of fused-ring (bicyclic) bond motifs is 4. The molecule has 0 bridgehead atoms. The van der Waals surface area contributed by atoms with Gasteiger partial charge in [-0.25, -0.2) is 0 Å². The van der Waals surface area contributed by atoms with Crippen molar-refractivity contribution in [3.63, 3.8) is 0 Å². The van der Waals surface area contributed by atoms with Crippen LogP contribution in [0.3, 0.4) is 0 Å². The van der Waals surface area contributed by atoms with E-state index in [-0.39, 0.29) is 0 Å². The predicted molar refractivity (Wildman–Crippen MR) is 212 cm³/mol. The summed E-state index contributed by atoms with van der Waals surface area (Å²) in [7, 11) is 0. The van der Waals surface area contributed by atoms with Gasteiger partial charge < -0.3 is 9.30 Å². The van der Waals surface area contributed by atoms with E-state index < -0.39 is 0 Å². The van der Waals surface area contributed by atoms with Gasteiger partial charge >= 0.3 is 0 Å². The van der Waals surface area contributed by atoms with E-state index in [1.165, 1.54) is 27.4 Å². The first-order valence-electron chi connectivity index (χ1n) is 17.1. The van der Waals surface area contributed by atoms with Crippen LogP contribution in [0, 0.1) is 0 Å². The van der Waals surface area contributed by atoms with E-state index in [1.807, 2.05) is 48.5 Å². The molecule has 0 spiro atoms. The van der Waals surface area contributed by atoms with Gasteiger partial charge in [0.1, 0.15) is 17.2 Å². The molecule has 0 unspecified atom stereocenters. The average Bonchev–Trinajstić information content (AvgIpc) is 3.74. The first-order chi connectivity index (χ1) is 25.3. The van der Waals surface area contributed by atoms with Crippen molar-refractivity contribution in [3.8, 4) is 33.7 Å². The second-order valence-corrected chi connectivity index (χ2v) is 12.6. The molecular formula is C47H33N3O. The van der Waals surface area contributed by atoms with Crippen molar-refractivity contribution >= 4 is 39.9 Å². The minimum atomic E-state index is 0.529. The number of para-hydroxylation sites is 3. The zero-order chi connectivity index (χ0) is 34.1. The number of nitrogens with zero attached hydrogens (tertiary/aromatic N) is 3. The minimum absolute atomic E-state index is 0.529. The van der Waals surface area contributed by atoms with Crippen molar-refractivity contribution in [2.75, 3.05) is 0 Å². The molecule has 0 saturated carbocycles. The van der Waals surface area contributed by atoms with Crippen LogP contribution >= 0.6 is 0 Å². The van der Waals surface area contributed by atoms with E-state index in [1.54, 1.807) is 0 Å². The van der Waals surface area contributed by atoms with Gasteiger partial charge in [0, 0.05) is 33.2 Å². The molecule has 0 atom stereocenters. The van der Waals surface area contributed by atoms with Crippen LogP contribution in [0.5, 0.6) is 5.75 Å². The number of rotatable bonds is 7. The fourth-order valence-corrected chi connectivity index (χ4v) is 7.16. The molecule has 0 fully saturated rings. The number of allylic oxidation sites excluding steroid dienone is 1. The predicted octanol–water partition coefficient (Wildman–Crippen LogP) is 11.6. The molecule has 0 aliphatic carbocycles. The van der Waals surface area contributed by atoms with Crippen molar-refractivity contribution in [3.05, 3.63) is 198 Å². The van der Waals surface area contributed by atoms with E-state index >= 15 is 0 Å². The van der Waals surface area contributed by atoms with Gasteiger partial charge in [-0.1, -0.05) is 146 Å². The van der Waals surface area contributed by atoms with Gasteiger partial charge in [-0.05, 0) is 59.3 Å². The van der Waals surface area contributed by atoms with Crippen LogP contribution in [-0.2, 0) is 6.54 Å². The quantitative estimate of drug-likeness (QED) is 0.158. The summed E-state index contributed by atoms with van der Waals surface area (Å²) in [6.45, 7) is 4.43. The summed E-state index contributed by atoms with van der Waals surface area (Å²) in [5.74, 6) is 1.38. The molecule has 0 N–H and O–H groups in total. The van der Waals surface area contributed by atoms with Crippen LogP contribution in [0.15, 0.2) is 192 Å². The summed E-state index contributed by atoms with van der Waals surface area (Å²) in [5.41, 5.74) is 12.5. The topological polar surface area (TPSA) is 38.9 Å². The maximum Gasteiger partial charge on any atom is 0.179 e. The lowest BCUT2D eigenvalue weighted by atomic mass is 9.97. The summed E-state index contributed by atoms with van der Waals surface area (Å²) in [4.78, 5) is 9.50. The lowest BCUT2D eigenvalue weighted by Crippen LogP contribution is -2.05. The van der Waals surface area contributed by atoms with Gasteiger partial charge in [0.05, 0.1) is 17.6 Å². The number of ether oxygens (including phenoxy) is 1. The van der Waals surface area contributed by atoms with Crippen LogP contribution in [0.1, 0.15) is 16.7 Å². The van der Waals surface area contributed by atoms with Gasteiger partial charge in [0.15, 0.2) is 5.76 Å². The van der Waals surface area contributed by atoms with Crippen LogP contribution in [0.2, 0.25) is 0 Å². The average molecular weight is 656 g/mol. The maximum atomic E-state index is 6.62. The van der Waals surface area contributed by atoms with Crippen LogP contribution in [0.25, 0.3) is 55.4 Å². The Morgan fingerprint density at radius 1 is 0.569 bits per heavy atom. The highest BCUT2D eigenvalue weighted by Crippen LogP contribution is 2.41. The second-order valence-electron chi connectivity index (χ2n) is 12.6. The standard InChI is InChI=1S/C47H33N3O/c1-48-44(35-16-7-3-8-17-35)47-45(49-31-32-14-5-2-6-15-32)41-29-28-36(30-43(41)51-47)33-24-26-34(27-25-33)38-21-13-22-40-39-20-11-12-23-42(39)50(46(38)40)37-18-9-4-10-19-37/h2-30H,1,31H2/b47-44+,49-45?. The van der Waals surface area contributed by atoms with E-state index in [2.05, 4.69) is 144 Å². The largest absolute Gasteiger partial charge is 0.452 e. The molecule has 7 aromatic carbocycles. The highest BCUT2D eigenvalue weighted by molar-refractivity contribution is 6.19. The van der Waals surface area contributed by atoms with Crippen molar-refractivity contribution in [2.45, 2.75) is 6.54 Å². The summed E-state index contributed by atoms with van der Waals surface area (Å²) in [6, 6.07) is 61.3. The highest BCUT2D eigenvalue weighted by Gasteiger charge is 2.29. The van der Waals surface area contributed by atoms with Crippen LogP contribution in [-0.4, -0.2) is 17.0 Å². The Kier molecular flexibility index (Phi) is 7.67. The zero-order valence-electron chi connectivity index (χ0n) is 27.9. The second kappa shape index (κ2) is 12.9. The zero-order valence-corrected chi connectivity index (χ0v) is 27.9. The van der Waals surface area contributed by atoms with E-state index in [9.17, 15) is 0 Å². The van der Waals surface area contributed by atoms with Crippen LogP contribution < -0.4 is 4.74 Å². The SMILES string of the molecule is C=N/C(=C1/Oc2cc(-c3ccc(-c4cccc5c6ccccc6n(-c6ccccc6)c45)cc3)ccc2C1=NCc1ccccc1)c1ccccc1. The normalized spacial score (nSPS) is 14.1. The Bertz CT molecular complexity index is 2620. The van der Waals surface area contributed by atoms with Crippen molar-refractivity contribution < 1.29 is 4.74 Å². The molecule has 4 heteroatoms. The molecule has 51 heavy (non-hydrogen) atoms. The number of aliphatic imine (C=N–C) groups is 2. The number of hydrogen-bond acceptors (Lipinski definition) is 3. The van der Waals surface area contributed by atoms with E-state index in [0.29, 0.717) is 18.0 Å². The maximum absolute atomic E-state index is 6.62. The lowest BCUT2D eigenvalue weighted by molar-refractivity contribution is 0.470. The minimum Gasteiger partial charge on any atom is -0.452 e. The highest BCUT2D eigenvalue weighted by atomic mass is 16.5. The Labute approximate surface area is 297 Å². The first-order valence-corrected chi connectivity index (χ1v) is 17.1. The number of aromatic nitrogens is 1. The summed E-state index contributed by atoms with van der Waals surface area (Å²) in [5, 5.41) is 2.49.